The van der Waals surface area contributed by atoms with E-state index >= 15 is 0 Å². The maximum atomic E-state index is 12.9. The summed E-state index contributed by atoms with van der Waals surface area (Å²) in [6.45, 7) is 5.56. The van der Waals surface area contributed by atoms with Crippen LogP contribution >= 0.6 is 23.7 Å². The number of carbonyl (C=O) groups is 1. The van der Waals surface area contributed by atoms with E-state index in [1.807, 2.05) is 26.4 Å². The Bertz CT molecular complexity index is 965. The van der Waals surface area contributed by atoms with Gasteiger partial charge in [0, 0.05) is 42.7 Å². The van der Waals surface area contributed by atoms with Crippen LogP contribution in [0.5, 0.6) is 0 Å². The van der Waals surface area contributed by atoms with Crippen LogP contribution in [0.3, 0.4) is 0 Å². The van der Waals surface area contributed by atoms with Crippen molar-refractivity contribution in [3.8, 4) is 11.3 Å². The lowest BCUT2D eigenvalue weighted by Gasteiger charge is -2.15. The second-order valence-electron chi connectivity index (χ2n) is 7.10. The first kappa shape index (κ1) is 20.5. The predicted molar refractivity (Wildman–Crippen MR) is 115 cm³/mol. The largest absolute Gasteiger partial charge is 0.315 e. The van der Waals surface area contributed by atoms with Crippen molar-refractivity contribution >= 4 is 34.8 Å². The Hall–Kier alpha value is -2.22. The molecule has 0 unspecified atom stereocenters. The molecule has 3 heterocycles. The first-order chi connectivity index (χ1) is 13.0. The zero-order valence-electron chi connectivity index (χ0n) is 16.1. The van der Waals surface area contributed by atoms with Crippen LogP contribution in [0.2, 0.25) is 0 Å². The Labute approximate surface area is 174 Å². The van der Waals surface area contributed by atoms with Crippen LogP contribution in [0.4, 0.5) is 5.13 Å². The summed E-state index contributed by atoms with van der Waals surface area (Å²) in [7, 11) is 1.89. The standard InChI is InChI=1S/C20H23N5OS.ClH/c1-12-4-6-14(7-5-12)18-13(2)27-20(23-18)24-19(26)17-10-21-9-16(17)15-8-22-25(3)11-15;/h4-8,11,16-17,21H,9-10H2,1-3H3,(H,23,24,26);1H/t16-,17+;/m1./s1. The lowest BCUT2D eigenvalue weighted by molar-refractivity contribution is -0.119. The van der Waals surface area contributed by atoms with Gasteiger partial charge in [-0.3, -0.25) is 9.48 Å². The van der Waals surface area contributed by atoms with E-state index in [1.54, 1.807) is 4.68 Å². The van der Waals surface area contributed by atoms with Gasteiger partial charge in [0.05, 0.1) is 17.8 Å². The second kappa shape index (κ2) is 8.43. The average Bonchev–Trinajstić information content (AvgIpc) is 3.35. The highest BCUT2D eigenvalue weighted by Gasteiger charge is 2.35. The molecular weight excluding hydrogens is 394 g/mol. The number of carbonyl (C=O) groups excluding carboxylic acids is 1. The minimum absolute atomic E-state index is 0. The normalized spacial score (nSPS) is 18.7. The highest BCUT2D eigenvalue weighted by atomic mass is 35.5. The monoisotopic (exact) mass is 417 g/mol. The fourth-order valence-electron chi connectivity index (χ4n) is 3.56. The molecule has 4 rings (SSSR count). The molecule has 1 fully saturated rings. The molecule has 1 aliphatic heterocycles. The molecule has 1 aliphatic rings. The van der Waals surface area contributed by atoms with Gasteiger partial charge in [0.25, 0.3) is 0 Å². The van der Waals surface area contributed by atoms with Gasteiger partial charge in [0.1, 0.15) is 0 Å². The van der Waals surface area contributed by atoms with Gasteiger partial charge >= 0.3 is 0 Å². The van der Waals surface area contributed by atoms with Crippen LogP contribution in [-0.4, -0.2) is 33.8 Å². The summed E-state index contributed by atoms with van der Waals surface area (Å²) in [4.78, 5) is 18.7. The van der Waals surface area contributed by atoms with Gasteiger partial charge in [0.2, 0.25) is 5.91 Å². The number of aromatic nitrogens is 3. The Morgan fingerprint density at radius 2 is 2.00 bits per heavy atom. The molecule has 2 N–H and O–H groups in total. The third-order valence-electron chi connectivity index (χ3n) is 5.06. The third-order valence-corrected chi connectivity index (χ3v) is 5.94. The van der Waals surface area contributed by atoms with Crippen LogP contribution in [0.25, 0.3) is 11.3 Å². The Balaban J connectivity index is 0.00000225. The van der Waals surface area contributed by atoms with E-state index in [9.17, 15) is 4.79 Å². The summed E-state index contributed by atoms with van der Waals surface area (Å²) in [5.41, 5.74) is 4.32. The van der Waals surface area contributed by atoms with Crippen LogP contribution < -0.4 is 10.6 Å². The van der Waals surface area contributed by atoms with Crippen molar-refractivity contribution in [2.75, 3.05) is 18.4 Å². The molecule has 0 aliphatic carbocycles. The summed E-state index contributed by atoms with van der Waals surface area (Å²) in [5.74, 6) is 0.0237. The average molecular weight is 418 g/mol. The minimum Gasteiger partial charge on any atom is -0.315 e. The Morgan fingerprint density at radius 1 is 1.25 bits per heavy atom. The molecular formula is C20H24ClN5OS. The summed E-state index contributed by atoms with van der Waals surface area (Å²) in [5, 5.41) is 11.3. The molecule has 0 spiro atoms. The number of benzene rings is 1. The SMILES string of the molecule is Cc1ccc(-c2nc(NC(=O)[C@H]3CNC[C@@H]3c3cnn(C)c3)sc2C)cc1.Cl. The number of nitrogens with zero attached hydrogens (tertiary/aromatic N) is 3. The quantitative estimate of drug-likeness (QED) is 0.681. The Kier molecular flexibility index (Phi) is 6.17. The van der Waals surface area contributed by atoms with E-state index in [2.05, 4.69) is 51.9 Å². The number of hydrogen-bond donors (Lipinski definition) is 2. The number of amides is 1. The van der Waals surface area contributed by atoms with Crippen molar-refractivity contribution in [2.24, 2.45) is 13.0 Å². The van der Waals surface area contributed by atoms with Crippen molar-refractivity contribution in [1.29, 1.82) is 0 Å². The second-order valence-corrected chi connectivity index (χ2v) is 8.30. The van der Waals surface area contributed by atoms with E-state index in [-0.39, 0.29) is 30.2 Å². The smallest absolute Gasteiger partial charge is 0.231 e. The van der Waals surface area contributed by atoms with Crippen molar-refractivity contribution in [1.82, 2.24) is 20.1 Å². The molecule has 148 valence electrons. The van der Waals surface area contributed by atoms with E-state index in [4.69, 9.17) is 0 Å². The van der Waals surface area contributed by atoms with Crippen molar-refractivity contribution < 1.29 is 4.79 Å². The van der Waals surface area contributed by atoms with Crippen LogP contribution in [0.15, 0.2) is 36.7 Å². The molecule has 1 amide bonds. The fraction of sp³-hybridized carbons (Fsp3) is 0.350. The topological polar surface area (TPSA) is 71.8 Å². The van der Waals surface area contributed by atoms with Gasteiger partial charge in [-0.1, -0.05) is 29.8 Å². The molecule has 1 saturated heterocycles. The number of nitrogens with one attached hydrogen (secondary N) is 2. The van der Waals surface area contributed by atoms with Gasteiger partial charge in [0.15, 0.2) is 5.13 Å². The van der Waals surface area contributed by atoms with E-state index < -0.39 is 0 Å². The molecule has 6 nitrogen and oxygen atoms in total. The lowest BCUT2D eigenvalue weighted by Crippen LogP contribution is -2.28. The lowest BCUT2D eigenvalue weighted by atomic mass is 9.90. The molecule has 0 saturated carbocycles. The first-order valence-electron chi connectivity index (χ1n) is 9.06. The van der Waals surface area contributed by atoms with E-state index in [0.29, 0.717) is 11.7 Å². The zero-order chi connectivity index (χ0) is 19.0. The van der Waals surface area contributed by atoms with Crippen molar-refractivity contribution in [3.63, 3.8) is 0 Å². The Morgan fingerprint density at radius 3 is 2.68 bits per heavy atom. The predicted octanol–water partition coefficient (Wildman–Crippen LogP) is 3.52. The first-order valence-corrected chi connectivity index (χ1v) is 9.87. The zero-order valence-corrected chi connectivity index (χ0v) is 17.7. The molecule has 0 bridgehead atoms. The van der Waals surface area contributed by atoms with Gasteiger partial charge in [-0.2, -0.15) is 5.10 Å². The van der Waals surface area contributed by atoms with E-state index in [1.165, 1.54) is 16.9 Å². The van der Waals surface area contributed by atoms with Crippen LogP contribution in [-0.2, 0) is 11.8 Å². The highest BCUT2D eigenvalue weighted by molar-refractivity contribution is 7.16. The number of thiazole rings is 1. The number of anilines is 1. The third kappa shape index (κ3) is 4.11. The minimum atomic E-state index is -0.124. The molecule has 2 atom stereocenters. The number of halogens is 1. The van der Waals surface area contributed by atoms with Gasteiger partial charge in [-0.05, 0) is 19.4 Å². The maximum absolute atomic E-state index is 12.9. The maximum Gasteiger partial charge on any atom is 0.231 e. The van der Waals surface area contributed by atoms with Gasteiger partial charge in [-0.15, -0.1) is 23.7 Å². The summed E-state index contributed by atoms with van der Waals surface area (Å²) >= 11 is 1.52. The fourth-order valence-corrected chi connectivity index (χ4v) is 4.40. The molecule has 28 heavy (non-hydrogen) atoms. The molecule has 8 heteroatoms. The number of rotatable bonds is 4. The van der Waals surface area contributed by atoms with Gasteiger partial charge < -0.3 is 10.6 Å². The molecule has 1 aromatic carbocycles. The molecule has 2 aromatic heterocycles. The van der Waals surface area contributed by atoms with Crippen molar-refractivity contribution in [2.45, 2.75) is 19.8 Å². The van der Waals surface area contributed by atoms with Crippen LogP contribution in [0.1, 0.15) is 21.9 Å². The van der Waals surface area contributed by atoms with E-state index in [0.717, 1.165) is 28.2 Å². The number of aryl methyl sites for hydroxylation is 3. The molecule has 3 aromatic rings. The highest BCUT2D eigenvalue weighted by Crippen LogP contribution is 2.33. The van der Waals surface area contributed by atoms with Crippen LogP contribution in [0, 0.1) is 19.8 Å². The van der Waals surface area contributed by atoms with Gasteiger partial charge in [-0.25, -0.2) is 4.98 Å². The summed E-state index contributed by atoms with van der Waals surface area (Å²) in [6, 6.07) is 8.30. The summed E-state index contributed by atoms with van der Waals surface area (Å²) in [6.07, 6.45) is 3.84. The summed E-state index contributed by atoms with van der Waals surface area (Å²) < 4.78 is 1.78. The molecule has 0 radical (unpaired) electrons. The number of hydrogen-bond acceptors (Lipinski definition) is 5. The van der Waals surface area contributed by atoms with Crippen molar-refractivity contribution in [3.05, 3.63) is 52.7 Å².